The van der Waals surface area contributed by atoms with Gasteiger partial charge in [0.1, 0.15) is 11.9 Å². The van der Waals surface area contributed by atoms with E-state index in [0.717, 1.165) is 0 Å². The van der Waals surface area contributed by atoms with Gasteiger partial charge in [0.2, 0.25) is 5.91 Å². The number of aromatic nitrogens is 1. The standard InChI is InChI=1S/C21H20ClFN4O3S/c1-27-7-5-11(9-15(27)28)17-16(21(29)30-2)18(13-4-3-12(23)10-14(13)22)26-19(25-17)20-24-6-8-31-20/h3-4,6,8,10-11,18H,5,7,9H2,1-2H3,(H,25,26). The number of esters is 1. The van der Waals surface area contributed by atoms with Crippen LogP contribution in [0.3, 0.4) is 0 Å². The van der Waals surface area contributed by atoms with Crippen molar-refractivity contribution in [2.75, 3.05) is 20.7 Å². The summed E-state index contributed by atoms with van der Waals surface area (Å²) in [5.41, 5.74) is 1.30. The zero-order chi connectivity index (χ0) is 22.1. The molecule has 2 aromatic rings. The Labute approximate surface area is 187 Å². The van der Waals surface area contributed by atoms with E-state index in [2.05, 4.69) is 10.3 Å². The number of likely N-dealkylation sites (tertiary alicyclic amines) is 1. The van der Waals surface area contributed by atoms with Crippen LogP contribution in [0.25, 0.3) is 0 Å². The lowest BCUT2D eigenvalue weighted by molar-refractivity contribution is -0.137. The minimum Gasteiger partial charge on any atom is -0.466 e. The minimum absolute atomic E-state index is 0.00978. The number of nitrogens with zero attached hydrogens (tertiary/aromatic N) is 3. The van der Waals surface area contributed by atoms with Crippen molar-refractivity contribution < 1.29 is 18.7 Å². The van der Waals surface area contributed by atoms with Crippen LogP contribution < -0.4 is 5.32 Å². The summed E-state index contributed by atoms with van der Waals surface area (Å²) in [6.45, 7) is 0.564. The Morgan fingerprint density at radius 2 is 2.23 bits per heavy atom. The number of hydrogen-bond donors (Lipinski definition) is 1. The van der Waals surface area contributed by atoms with Gasteiger partial charge in [0, 0.05) is 53.8 Å². The Kier molecular flexibility index (Phi) is 6.06. The molecule has 162 valence electrons. The highest BCUT2D eigenvalue weighted by molar-refractivity contribution is 7.11. The van der Waals surface area contributed by atoms with Crippen molar-refractivity contribution in [1.29, 1.82) is 0 Å². The van der Waals surface area contributed by atoms with Crippen LogP contribution in [0.5, 0.6) is 0 Å². The van der Waals surface area contributed by atoms with E-state index < -0.39 is 17.8 Å². The van der Waals surface area contributed by atoms with Crippen LogP contribution in [0, 0.1) is 11.7 Å². The van der Waals surface area contributed by atoms with Crippen molar-refractivity contribution in [2.45, 2.75) is 18.9 Å². The fourth-order valence-electron chi connectivity index (χ4n) is 3.81. The largest absolute Gasteiger partial charge is 0.466 e. The van der Waals surface area contributed by atoms with Crippen LogP contribution >= 0.6 is 22.9 Å². The quantitative estimate of drug-likeness (QED) is 0.705. The Morgan fingerprint density at radius 1 is 1.42 bits per heavy atom. The molecule has 3 heterocycles. The summed E-state index contributed by atoms with van der Waals surface area (Å²) < 4.78 is 18.8. The van der Waals surface area contributed by atoms with E-state index in [4.69, 9.17) is 21.3 Å². The molecule has 1 saturated heterocycles. The van der Waals surface area contributed by atoms with Crippen molar-refractivity contribution >= 4 is 40.6 Å². The fourth-order valence-corrected chi connectivity index (χ4v) is 4.67. The molecule has 2 unspecified atom stereocenters. The van der Waals surface area contributed by atoms with Crippen molar-refractivity contribution in [3.8, 4) is 0 Å². The summed E-state index contributed by atoms with van der Waals surface area (Å²) in [4.78, 5) is 36.0. The zero-order valence-electron chi connectivity index (χ0n) is 16.9. The number of methoxy groups -OCH3 is 1. The van der Waals surface area contributed by atoms with E-state index in [1.54, 1.807) is 18.1 Å². The summed E-state index contributed by atoms with van der Waals surface area (Å²) in [5.74, 6) is -0.846. The number of benzene rings is 1. The smallest absolute Gasteiger partial charge is 0.338 e. The van der Waals surface area contributed by atoms with E-state index in [1.807, 2.05) is 5.38 Å². The van der Waals surface area contributed by atoms with E-state index in [0.29, 0.717) is 35.1 Å². The first-order valence-corrected chi connectivity index (χ1v) is 10.9. The number of ether oxygens (including phenoxy) is 1. The van der Waals surface area contributed by atoms with E-state index in [-0.39, 0.29) is 28.8 Å². The highest BCUT2D eigenvalue weighted by Gasteiger charge is 2.38. The molecule has 0 spiro atoms. The molecule has 2 aliphatic rings. The van der Waals surface area contributed by atoms with Crippen molar-refractivity contribution in [1.82, 2.24) is 15.2 Å². The molecule has 10 heteroatoms. The van der Waals surface area contributed by atoms with Gasteiger partial charge in [0.25, 0.3) is 0 Å². The predicted molar refractivity (Wildman–Crippen MR) is 115 cm³/mol. The first-order chi connectivity index (χ1) is 14.9. The Balaban J connectivity index is 1.88. The molecule has 1 N–H and O–H groups in total. The Bertz CT molecular complexity index is 1090. The molecule has 31 heavy (non-hydrogen) atoms. The summed E-state index contributed by atoms with van der Waals surface area (Å²) in [5, 5.41) is 5.84. The number of thiazole rings is 1. The Morgan fingerprint density at radius 3 is 2.87 bits per heavy atom. The van der Waals surface area contributed by atoms with Gasteiger partial charge >= 0.3 is 5.97 Å². The molecule has 1 aromatic heterocycles. The number of amides is 1. The maximum Gasteiger partial charge on any atom is 0.338 e. The number of piperidine rings is 1. The molecule has 1 fully saturated rings. The lowest BCUT2D eigenvalue weighted by atomic mass is 9.85. The van der Waals surface area contributed by atoms with Gasteiger partial charge in [0.05, 0.1) is 12.7 Å². The normalized spacial score (nSPS) is 21.6. The van der Waals surface area contributed by atoms with Crippen molar-refractivity contribution in [3.05, 3.63) is 62.5 Å². The molecular formula is C21H20ClFN4O3S. The number of hydrogen-bond acceptors (Lipinski definition) is 7. The molecule has 1 amide bonds. The molecule has 2 aliphatic heterocycles. The third-order valence-corrected chi connectivity index (χ3v) is 6.55. The first-order valence-electron chi connectivity index (χ1n) is 9.65. The average Bonchev–Trinajstić information content (AvgIpc) is 3.29. The molecule has 0 aliphatic carbocycles. The van der Waals surface area contributed by atoms with Gasteiger partial charge in [-0.1, -0.05) is 17.7 Å². The summed E-state index contributed by atoms with van der Waals surface area (Å²) in [7, 11) is 3.04. The molecule has 2 atom stereocenters. The number of aliphatic imine (C=N–C) groups is 1. The fraction of sp³-hybridized carbons (Fsp3) is 0.333. The third kappa shape index (κ3) is 4.20. The van der Waals surface area contributed by atoms with Crippen LogP contribution in [0.2, 0.25) is 5.02 Å². The first kappa shape index (κ1) is 21.5. The van der Waals surface area contributed by atoms with Crippen molar-refractivity contribution in [2.24, 2.45) is 10.9 Å². The van der Waals surface area contributed by atoms with E-state index in [1.165, 1.54) is 36.6 Å². The molecule has 7 nitrogen and oxygen atoms in total. The lowest BCUT2D eigenvalue weighted by Gasteiger charge is -2.35. The van der Waals surface area contributed by atoms with Gasteiger partial charge in [-0.15, -0.1) is 11.3 Å². The van der Waals surface area contributed by atoms with E-state index in [9.17, 15) is 14.0 Å². The Hall–Kier alpha value is -2.78. The van der Waals surface area contributed by atoms with Gasteiger partial charge in [-0.05, 0) is 18.6 Å². The second-order valence-electron chi connectivity index (χ2n) is 7.33. The van der Waals surface area contributed by atoms with Crippen LogP contribution in [0.15, 0.2) is 46.0 Å². The highest BCUT2D eigenvalue weighted by Crippen LogP contribution is 2.40. The molecule has 0 radical (unpaired) electrons. The van der Waals surface area contributed by atoms with Gasteiger partial charge in [-0.3, -0.25) is 9.79 Å². The van der Waals surface area contributed by atoms with Crippen LogP contribution in [0.4, 0.5) is 4.39 Å². The highest BCUT2D eigenvalue weighted by atomic mass is 35.5. The minimum atomic E-state index is -0.828. The number of halogens is 2. The van der Waals surface area contributed by atoms with Crippen molar-refractivity contribution in [3.63, 3.8) is 0 Å². The number of rotatable bonds is 4. The molecule has 0 bridgehead atoms. The van der Waals surface area contributed by atoms with E-state index >= 15 is 0 Å². The zero-order valence-corrected chi connectivity index (χ0v) is 18.5. The average molecular weight is 463 g/mol. The third-order valence-electron chi connectivity index (χ3n) is 5.44. The maximum atomic E-state index is 13.7. The topological polar surface area (TPSA) is 83.9 Å². The second kappa shape index (κ2) is 8.76. The summed E-state index contributed by atoms with van der Waals surface area (Å²) in [6, 6.07) is 3.14. The molecule has 1 aromatic carbocycles. The number of amidine groups is 1. The summed E-state index contributed by atoms with van der Waals surface area (Å²) in [6.07, 6.45) is 2.57. The van der Waals surface area contributed by atoms with Crippen LogP contribution in [-0.2, 0) is 14.3 Å². The lowest BCUT2D eigenvalue weighted by Crippen LogP contribution is -2.42. The van der Waals surface area contributed by atoms with Gasteiger partial charge in [-0.25, -0.2) is 14.2 Å². The number of carbonyl (C=O) groups is 2. The number of allylic oxidation sites excluding steroid dienone is 1. The van der Waals surface area contributed by atoms with Gasteiger partial charge in [0.15, 0.2) is 10.8 Å². The molecule has 4 rings (SSSR count). The monoisotopic (exact) mass is 462 g/mol. The molecular weight excluding hydrogens is 443 g/mol. The van der Waals surface area contributed by atoms with Crippen LogP contribution in [0.1, 0.15) is 29.5 Å². The van der Waals surface area contributed by atoms with Gasteiger partial charge in [-0.2, -0.15) is 0 Å². The van der Waals surface area contributed by atoms with Crippen LogP contribution in [-0.4, -0.2) is 48.3 Å². The second-order valence-corrected chi connectivity index (χ2v) is 8.63. The number of carbonyl (C=O) groups excluding carboxylic acids is 2. The predicted octanol–water partition coefficient (Wildman–Crippen LogP) is 3.32. The SMILES string of the molecule is COC(=O)C1=C(C2CCN(C)C(=O)C2)NC(c2nccs2)=NC1c1ccc(F)cc1Cl. The maximum absolute atomic E-state index is 13.7. The summed E-state index contributed by atoms with van der Waals surface area (Å²) >= 11 is 7.73. The number of nitrogens with one attached hydrogen (secondary N) is 1. The van der Waals surface area contributed by atoms with Gasteiger partial charge < -0.3 is 15.0 Å². The molecule has 0 saturated carbocycles.